The first kappa shape index (κ1) is 13.9. The normalized spacial score (nSPS) is 11.4. The van der Waals surface area contributed by atoms with E-state index in [4.69, 9.17) is 4.42 Å². The SMILES string of the molecule is O=Cc1cccc2oc3cccc(-c4cc5ccccc5cn4)c3c12. The molecule has 3 nitrogen and oxygen atoms in total. The second kappa shape index (κ2) is 5.28. The summed E-state index contributed by atoms with van der Waals surface area (Å²) in [6.45, 7) is 0. The molecule has 0 N–H and O–H groups in total. The Labute approximate surface area is 143 Å². The Kier molecular flexibility index (Phi) is 2.94. The number of carbonyl (C=O) groups is 1. The Balaban J connectivity index is 1.90. The van der Waals surface area contributed by atoms with E-state index in [1.165, 1.54) is 0 Å². The van der Waals surface area contributed by atoms with Crippen molar-refractivity contribution in [3.63, 3.8) is 0 Å². The lowest BCUT2D eigenvalue weighted by Crippen LogP contribution is -1.87. The van der Waals surface area contributed by atoms with Gasteiger partial charge in [0.15, 0.2) is 6.29 Å². The third-order valence-electron chi connectivity index (χ3n) is 4.59. The quantitative estimate of drug-likeness (QED) is 0.396. The smallest absolute Gasteiger partial charge is 0.150 e. The molecule has 3 aromatic carbocycles. The lowest BCUT2D eigenvalue weighted by molar-refractivity contribution is 0.112. The van der Waals surface area contributed by atoms with Gasteiger partial charge in [-0.25, -0.2) is 0 Å². The Bertz CT molecular complexity index is 1270. The van der Waals surface area contributed by atoms with Crippen LogP contribution in [0, 0.1) is 0 Å². The van der Waals surface area contributed by atoms with E-state index in [0.29, 0.717) is 11.1 Å². The Morgan fingerprint density at radius 1 is 0.800 bits per heavy atom. The Morgan fingerprint density at radius 2 is 1.56 bits per heavy atom. The molecule has 0 aliphatic heterocycles. The van der Waals surface area contributed by atoms with Crippen LogP contribution in [-0.2, 0) is 0 Å². The van der Waals surface area contributed by atoms with Crippen molar-refractivity contribution in [2.24, 2.45) is 0 Å². The van der Waals surface area contributed by atoms with Gasteiger partial charge in [0.05, 0.1) is 5.69 Å². The van der Waals surface area contributed by atoms with E-state index < -0.39 is 0 Å². The maximum atomic E-state index is 11.5. The average molecular weight is 323 g/mol. The van der Waals surface area contributed by atoms with E-state index in [-0.39, 0.29) is 0 Å². The van der Waals surface area contributed by atoms with Crippen molar-refractivity contribution in [3.8, 4) is 11.3 Å². The average Bonchev–Trinajstić information content (AvgIpc) is 3.06. The monoisotopic (exact) mass is 323 g/mol. The molecule has 0 amide bonds. The summed E-state index contributed by atoms with van der Waals surface area (Å²) in [6, 6.07) is 21.7. The maximum Gasteiger partial charge on any atom is 0.150 e. The summed E-state index contributed by atoms with van der Waals surface area (Å²) in [5.41, 5.74) is 3.94. The molecule has 5 rings (SSSR count). The minimum absolute atomic E-state index is 0.629. The lowest BCUT2D eigenvalue weighted by Gasteiger charge is -2.05. The van der Waals surface area contributed by atoms with Gasteiger partial charge < -0.3 is 4.42 Å². The zero-order chi connectivity index (χ0) is 16.8. The Morgan fingerprint density at radius 3 is 2.40 bits per heavy atom. The molecule has 0 saturated carbocycles. The molecule has 0 aliphatic carbocycles. The van der Waals surface area contributed by atoms with Crippen LogP contribution in [0.2, 0.25) is 0 Å². The van der Waals surface area contributed by atoms with Gasteiger partial charge >= 0.3 is 0 Å². The number of carbonyl (C=O) groups excluding carboxylic acids is 1. The summed E-state index contributed by atoms with van der Waals surface area (Å²) >= 11 is 0. The van der Waals surface area contributed by atoms with Gasteiger partial charge in [-0.2, -0.15) is 0 Å². The molecule has 0 radical (unpaired) electrons. The molecular weight excluding hydrogens is 310 g/mol. The van der Waals surface area contributed by atoms with Crippen LogP contribution in [0.3, 0.4) is 0 Å². The van der Waals surface area contributed by atoms with Gasteiger partial charge in [-0.3, -0.25) is 9.78 Å². The fourth-order valence-corrected chi connectivity index (χ4v) is 3.44. The number of fused-ring (bicyclic) bond motifs is 4. The van der Waals surface area contributed by atoms with Crippen molar-refractivity contribution in [2.45, 2.75) is 0 Å². The molecule has 0 fully saturated rings. The highest BCUT2D eigenvalue weighted by atomic mass is 16.3. The molecular formula is C22H13NO2. The van der Waals surface area contributed by atoms with Gasteiger partial charge in [0.1, 0.15) is 11.2 Å². The van der Waals surface area contributed by atoms with Gasteiger partial charge in [-0.05, 0) is 23.6 Å². The van der Waals surface area contributed by atoms with Crippen molar-refractivity contribution in [1.29, 1.82) is 0 Å². The van der Waals surface area contributed by atoms with Gasteiger partial charge in [-0.15, -0.1) is 0 Å². The molecule has 0 aliphatic rings. The number of aromatic nitrogens is 1. The summed E-state index contributed by atoms with van der Waals surface area (Å²) in [5, 5.41) is 4.01. The lowest BCUT2D eigenvalue weighted by atomic mass is 9.99. The Hall–Kier alpha value is -3.46. The van der Waals surface area contributed by atoms with Crippen LogP contribution in [0.15, 0.2) is 77.3 Å². The van der Waals surface area contributed by atoms with E-state index in [1.54, 1.807) is 0 Å². The first-order valence-corrected chi connectivity index (χ1v) is 8.10. The van der Waals surface area contributed by atoms with E-state index in [9.17, 15) is 4.79 Å². The highest BCUT2D eigenvalue weighted by Gasteiger charge is 2.15. The summed E-state index contributed by atoms with van der Waals surface area (Å²) in [4.78, 5) is 16.2. The highest BCUT2D eigenvalue weighted by Crippen LogP contribution is 2.37. The van der Waals surface area contributed by atoms with Gasteiger partial charge in [-0.1, -0.05) is 48.5 Å². The van der Waals surface area contributed by atoms with Crippen LogP contribution >= 0.6 is 0 Å². The number of pyridine rings is 1. The fourth-order valence-electron chi connectivity index (χ4n) is 3.44. The topological polar surface area (TPSA) is 43.1 Å². The van der Waals surface area contributed by atoms with Crippen molar-refractivity contribution in [1.82, 2.24) is 4.98 Å². The van der Waals surface area contributed by atoms with Gasteiger partial charge in [0.25, 0.3) is 0 Å². The molecule has 0 unspecified atom stereocenters. The number of benzene rings is 3. The van der Waals surface area contributed by atoms with Crippen molar-refractivity contribution >= 4 is 39.0 Å². The van der Waals surface area contributed by atoms with Gasteiger partial charge in [0.2, 0.25) is 0 Å². The predicted octanol–water partition coefficient (Wildman–Crippen LogP) is 5.61. The molecule has 0 spiro atoms. The van der Waals surface area contributed by atoms with Gasteiger partial charge in [0, 0.05) is 33.5 Å². The number of aldehydes is 1. The van der Waals surface area contributed by atoms with Crippen LogP contribution in [0.25, 0.3) is 44.0 Å². The second-order valence-electron chi connectivity index (χ2n) is 6.04. The van der Waals surface area contributed by atoms with Crippen LogP contribution < -0.4 is 0 Å². The first-order valence-electron chi connectivity index (χ1n) is 8.10. The number of rotatable bonds is 2. The fraction of sp³-hybridized carbons (Fsp3) is 0. The predicted molar refractivity (Wildman–Crippen MR) is 99.8 cm³/mol. The van der Waals surface area contributed by atoms with Crippen molar-refractivity contribution in [3.05, 3.63) is 78.5 Å². The third kappa shape index (κ3) is 2.06. The largest absolute Gasteiger partial charge is 0.456 e. The summed E-state index contributed by atoms with van der Waals surface area (Å²) in [7, 11) is 0. The zero-order valence-corrected chi connectivity index (χ0v) is 13.3. The summed E-state index contributed by atoms with van der Waals surface area (Å²) in [6.07, 6.45) is 2.76. The molecule has 25 heavy (non-hydrogen) atoms. The minimum Gasteiger partial charge on any atom is -0.456 e. The first-order chi connectivity index (χ1) is 12.3. The second-order valence-corrected chi connectivity index (χ2v) is 6.04. The number of hydrogen-bond donors (Lipinski definition) is 0. The van der Waals surface area contributed by atoms with E-state index >= 15 is 0 Å². The molecule has 0 bridgehead atoms. The summed E-state index contributed by atoms with van der Waals surface area (Å²) < 4.78 is 5.96. The molecule has 3 heteroatoms. The van der Waals surface area contributed by atoms with Crippen molar-refractivity contribution < 1.29 is 9.21 Å². The van der Waals surface area contributed by atoms with Crippen LogP contribution in [0.1, 0.15) is 10.4 Å². The molecule has 118 valence electrons. The maximum absolute atomic E-state index is 11.5. The van der Waals surface area contributed by atoms with E-state index in [2.05, 4.69) is 17.1 Å². The minimum atomic E-state index is 0.629. The van der Waals surface area contributed by atoms with Crippen LogP contribution in [0.5, 0.6) is 0 Å². The third-order valence-corrected chi connectivity index (χ3v) is 4.59. The summed E-state index contributed by atoms with van der Waals surface area (Å²) in [5.74, 6) is 0. The molecule has 0 saturated heterocycles. The van der Waals surface area contributed by atoms with Crippen molar-refractivity contribution in [2.75, 3.05) is 0 Å². The number of furan rings is 1. The molecule has 0 atom stereocenters. The van der Waals surface area contributed by atoms with E-state index in [1.807, 2.05) is 60.8 Å². The highest BCUT2D eigenvalue weighted by molar-refractivity contribution is 6.17. The molecule has 5 aromatic rings. The van der Waals surface area contributed by atoms with Crippen LogP contribution in [-0.4, -0.2) is 11.3 Å². The van der Waals surface area contributed by atoms with Crippen LogP contribution in [0.4, 0.5) is 0 Å². The van der Waals surface area contributed by atoms with E-state index in [0.717, 1.165) is 44.7 Å². The standard InChI is InChI=1S/C22H13NO2/c24-13-16-7-3-9-19-21(16)22-17(8-4-10-20(22)25-19)18-11-14-5-1-2-6-15(14)12-23-18/h1-13H. The molecule has 2 aromatic heterocycles. The number of nitrogens with zero attached hydrogens (tertiary/aromatic N) is 1. The molecule has 2 heterocycles. The zero-order valence-electron chi connectivity index (χ0n) is 13.3. The number of hydrogen-bond acceptors (Lipinski definition) is 3.